The monoisotopic (exact) mass is 280 g/mol. The summed E-state index contributed by atoms with van der Waals surface area (Å²) < 4.78 is 1.99. The first-order chi connectivity index (χ1) is 9.99. The third-order valence-corrected chi connectivity index (χ3v) is 4.06. The van der Waals surface area contributed by atoms with E-state index in [4.69, 9.17) is 4.98 Å². The molecule has 1 N–H and O–H groups in total. The first-order valence-corrected chi connectivity index (χ1v) is 7.22. The second-order valence-electron chi connectivity index (χ2n) is 5.71. The number of hydrogen-bond acceptors (Lipinski definition) is 2. The molecule has 0 aliphatic heterocycles. The maximum atomic E-state index is 10.2. The second kappa shape index (κ2) is 5.01. The number of imidazole rings is 1. The molecule has 2 heterocycles. The molecule has 0 aliphatic rings. The van der Waals surface area contributed by atoms with E-state index >= 15 is 0 Å². The fourth-order valence-corrected chi connectivity index (χ4v) is 2.72. The van der Waals surface area contributed by atoms with Gasteiger partial charge in [-0.2, -0.15) is 0 Å². The van der Waals surface area contributed by atoms with Crippen LogP contribution in [0.2, 0.25) is 0 Å². The van der Waals surface area contributed by atoms with E-state index in [0.717, 1.165) is 28.2 Å². The van der Waals surface area contributed by atoms with Crippen LogP contribution in [0, 0.1) is 20.8 Å². The van der Waals surface area contributed by atoms with Crippen molar-refractivity contribution >= 4 is 5.65 Å². The van der Waals surface area contributed by atoms with Crippen LogP contribution < -0.4 is 0 Å². The Morgan fingerprint density at radius 1 is 1.05 bits per heavy atom. The number of rotatable bonds is 2. The molecule has 3 nitrogen and oxygen atoms in total. The van der Waals surface area contributed by atoms with Crippen molar-refractivity contribution in [1.82, 2.24) is 9.38 Å². The van der Waals surface area contributed by atoms with Gasteiger partial charge >= 0.3 is 0 Å². The normalized spacial score (nSPS) is 12.8. The molecule has 0 fully saturated rings. The highest BCUT2D eigenvalue weighted by Gasteiger charge is 2.18. The van der Waals surface area contributed by atoms with Crippen molar-refractivity contribution in [2.75, 3.05) is 0 Å². The summed E-state index contributed by atoms with van der Waals surface area (Å²) in [4.78, 5) is 4.78. The van der Waals surface area contributed by atoms with Crippen LogP contribution >= 0.6 is 0 Å². The summed E-state index contributed by atoms with van der Waals surface area (Å²) in [6, 6.07) is 10.3. The summed E-state index contributed by atoms with van der Waals surface area (Å²) in [6.07, 6.45) is 1.39. The summed E-state index contributed by atoms with van der Waals surface area (Å²) >= 11 is 0. The van der Waals surface area contributed by atoms with Gasteiger partial charge in [-0.25, -0.2) is 4.98 Å². The number of aliphatic hydroxyl groups excluding tert-OH is 1. The number of aliphatic hydroxyl groups is 1. The van der Waals surface area contributed by atoms with Crippen LogP contribution in [-0.2, 0) is 0 Å². The molecule has 3 rings (SSSR count). The van der Waals surface area contributed by atoms with Crippen molar-refractivity contribution in [3.8, 4) is 11.3 Å². The number of hydrogen-bond donors (Lipinski definition) is 1. The Balaban J connectivity index is 2.33. The number of benzene rings is 1. The molecule has 0 bridgehead atoms. The Labute approximate surface area is 124 Å². The first-order valence-electron chi connectivity index (χ1n) is 7.22. The third-order valence-electron chi connectivity index (χ3n) is 4.06. The van der Waals surface area contributed by atoms with Crippen LogP contribution in [-0.4, -0.2) is 14.5 Å². The zero-order valence-corrected chi connectivity index (χ0v) is 12.9. The van der Waals surface area contributed by atoms with Gasteiger partial charge < -0.3 is 9.51 Å². The van der Waals surface area contributed by atoms with Crippen LogP contribution in [0.15, 0.2) is 36.5 Å². The highest BCUT2D eigenvalue weighted by Crippen LogP contribution is 2.30. The number of nitrogens with zero attached hydrogens (tertiary/aromatic N) is 2. The lowest BCUT2D eigenvalue weighted by Crippen LogP contribution is -1.99. The molecule has 2 aromatic heterocycles. The molecule has 1 aromatic carbocycles. The second-order valence-corrected chi connectivity index (χ2v) is 5.71. The van der Waals surface area contributed by atoms with Crippen LogP contribution in [0.4, 0.5) is 0 Å². The molecule has 0 radical (unpaired) electrons. The summed E-state index contributed by atoms with van der Waals surface area (Å²) in [5, 5.41) is 10.2. The Morgan fingerprint density at radius 2 is 1.81 bits per heavy atom. The zero-order chi connectivity index (χ0) is 15.1. The van der Waals surface area contributed by atoms with Crippen LogP contribution in [0.3, 0.4) is 0 Å². The average Bonchev–Trinajstić information content (AvgIpc) is 2.83. The van der Waals surface area contributed by atoms with Gasteiger partial charge in [0.05, 0.1) is 17.5 Å². The number of aromatic nitrogens is 2. The van der Waals surface area contributed by atoms with Crippen LogP contribution in [0.5, 0.6) is 0 Å². The number of fused-ring (bicyclic) bond motifs is 1. The van der Waals surface area contributed by atoms with Gasteiger partial charge in [-0.3, -0.25) is 0 Å². The molecule has 0 saturated heterocycles. The lowest BCUT2D eigenvalue weighted by Gasteiger charge is -2.09. The molecular weight excluding hydrogens is 260 g/mol. The molecule has 108 valence electrons. The molecular formula is C18H20N2O. The molecule has 1 atom stereocenters. The zero-order valence-electron chi connectivity index (χ0n) is 12.9. The van der Waals surface area contributed by atoms with Gasteiger partial charge in [0.25, 0.3) is 0 Å². The minimum Gasteiger partial charge on any atom is -0.387 e. The summed E-state index contributed by atoms with van der Waals surface area (Å²) in [7, 11) is 0. The smallest absolute Gasteiger partial charge is 0.140 e. The third kappa shape index (κ3) is 2.24. The molecule has 21 heavy (non-hydrogen) atoms. The van der Waals surface area contributed by atoms with E-state index in [1.807, 2.05) is 29.7 Å². The van der Waals surface area contributed by atoms with Gasteiger partial charge in [0.1, 0.15) is 5.65 Å². The number of pyridine rings is 1. The lowest BCUT2D eigenvalue weighted by molar-refractivity contribution is 0.194. The van der Waals surface area contributed by atoms with E-state index in [2.05, 4.69) is 32.0 Å². The predicted octanol–water partition coefficient (Wildman–Crippen LogP) is 3.98. The fraction of sp³-hybridized carbons (Fsp3) is 0.278. The lowest BCUT2D eigenvalue weighted by atomic mass is 10.0. The minimum absolute atomic E-state index is 0.571. The van der Waals surface area contributed by atoms with E-state index in [1.54, 1.807) is 6.92 Å². The Hall–Kier alpha value is -2.13. The van der Waals surface area contributed by atoms with E-state index in [9.17, 15) is 5.11 Å². The topological polar surface area (TPSA) is 37.5 Å². The van der Waals surface area contributed by atoms with E-state index in [0.29, 0.717) is 0 Å². The quantitative estimate of drug-likeness (QED) is 0.771. The molecule has 0 saturated carbocycles. The maximum Gasteiger partial charge on any atom is 0.140 e. The van der Waals surface area contributed by atoms with Gasteiger partial charge in [0, 0.05) is 11.8 Å². The van der Waals surface area contributed by atoms with Crippen molar-refractivity contribution in [1.29, 1.82) is 0 Å². The van der Waals surface area contributed by atoms with E-state index < -0.39 is 6.10 Å². The van der Waals surface area contributed by atoms with Crippen LogP contribution in [0.1, 0.15) is 35.4 Å². The molecule has 3 heteroatoms. The number of aryl methyl sites for hydroxylation is 3. The predicted molar refractivity (Wildman–Crippen MR) is 85.5 cm³/mol. The first kappa shape index (κ1) is 13.8. The van der Waals surface area contributed by atoms with Crippen molar-refractivity contribution < 1.29 is 5.11 Å². The summed E-state index contributed by atoms with van der Waals surface area (Å²) in [5.74, 6) is 0. The van der Waals surface area contributed by atoms with E-state index in [-0.39, 0.29) is 0 Å². The average molecular weight is 280 g/mol. The van der Waals surface area contributed by atoms with Crippen molar-refractivity contribution in [3.63, 3.8) is 0 Å². The largest absolute Gasteiger partial charge is 0.387 e. The fourth-order valence-electron chi connectivity index (χ4n) is 2.72. The van der Waals surface area contributed by atoms with Gasteiger partial charge in [-0.15, -0.1) is 0 Å². The van der Waals surface area contributed by atoms with E-state index in [1.165, 1.54) is 11.1 Å². The Kier molecular flexibility index (Phi) is 3.30. The maximum absolute atomic E-state index is 10.2. The Morgan fingerprint density at radius 3 is 2.48 bits per heavy atom. The molecule has 0 spiro atoms. The summed E-state index contributed by atoms with van der Waals surface area (Å²) in [6.45, 7) is 8.03. The minimum atomic E-state index is -0.571. The summed E-state index contributed by atoms with van der Waals surface area (Å²) in [5.41, 5.74) is 7.27. The molecule has 0 aliphatic carbocycles. The van der Waals surface area contributed by atoms with Gasteiger partial charge in [-0.05, 0) is 56.5 Å². The SMILES string of the molecule is Cc1ccc(-c2nc3c(C)cccn3c2C(C)O)cc1C. The van der Waals surface area contributed by atoms with Gasteiger partial charge in [-0.1, -0.05) is 18.2 Å². The molecule has 1 unspecified atom stereocenters. The highest BCUT2D eigenvalue weighted by molar-refractivity contribution is 5.69. The van der Waals surface area contributed by atoms with Crippen molar-refractivity contribution in [3.05, 3.63) is 58.9 Å². The van der Waals surface area contributed by atoms with Gasteiger partial charge in [0.15, 0.2) is 0 Å². The molecule has 3 aromatic rings. The highest BCUT2D eigenvalue weighted by atomic mass is 16.3. The molecule has 0 amide bonds. The van der Waals surface area contributed by atoms with Crippen LogP contribution in [0.25, 0.3) is 16.9 Å². The van der Waals surface area contributed by atoms with Crippen molar-refractivity contribution in [2.45, 2.75) is 33.8 Å². The Bertz CT molecular complexity index is 815. The van der Waals surface area contributed by atoms with Crippen molar-refractivity contribution in [2.24, 2.45) is 0 Å². The van der Waals surface area contributed by atoms with Gasteiger partial charge in [0.2, 0.25) is 0 Å². The standard InChI is InChI=1S/C18H20N2O/c1-11-7-8-15(10-13(11)3)16-17(14(4)21)20-9-5-6-12(2)18(20)19-16/h5-10,14,21H,1-4H3.